The molecule has 14 N–H and O–H groups in total. The van der Waals surface area contributed by atoms with Crippen LogP contribution in [0.2, 0.25) is 0 Å². The number of hydrogen-bond acceptors (Lipinski definition) is 26. The van der Waals surface area contributed by atoms with Gasteiger partial charge in [0.05, 0.1) is 77.5 Å². The predicted molar refractivity (Wildman–Crippen MR) is 536 cm³/mol. The van der Waals surface area contributed by atoms with Gasteiger partial charge in [-0.2, -0.15) is 35.7 Å². The maximum absolute atomic E-state index is 12.1. The van der Waals surface area contributed by atoms with Crippen molar-refractivity contribution in [1.29, 1.82) is 0 Å². The van der Waals surface area contributed by atoms with Crippen LogP contribution in [-0.2, 0) is 0 Å². The first-order valence-corrected chi connectivity index (χ1v) is 42.4. The summed E-state index contributed by atoms with van der Waals surface area (Å²) in [4.78, 5) is 94.7. The number of phenols is 7. The minimum absolute atomic E-state index is 0.0341. The number of hydrazone groups is 7. The normalized spacial score (nSPS) is 11.0. The number of phenolic OH excluding ortho intramolecular Hbond substituents is 7. The van der Waals surface area contributed by atoms with E-state index in [1.165, 1.54) is 72.9 Å². The third-order valence-electron chi connectivity index (χ3n) is 19.5. The average molecular weight is 1870 g/mol. The molecule has 139 heavy (non-hydrogen) atoms. The summed E-state index contributed by atoms with van der Waals surface area (Å²) in [6.45, 7) is 16.6. The molecule has 3 heterocycles. The standard InChI is InChI=1S/C17H18N2O4.C17H18N2O3.C16H16N2O2.C15H14N2O2.C14H13N3O2.C14H13N3O.C13H11N3O2/c1-11(13-9-8-12(22-2)10-16(13)23-3)18-19-17(21)14-6-4-5-7-15(14)20;1-10-4-5-13(8-11(10)2)17(22)19-18-12(3)15-7-6-14(20)9-16(15)21;1-11-7-9-13(10-8-11)16(20)18-17-12(2)14-5-3-4-6-15(14)19;1-11(12-7-3-2-4-8-12)16-17-15(19)13-9-5-6-10-14(13)18;1-10(11-6-8-15-9-7-11)16-17-14(19)12-4-2-3-5-13(12)18;1-11-4-6-13(7-5-11)14(18)17-16-10-12-3-2-8-15-9-12;17-12-4-2-1-3-11(12)13(18)16-15-9-10-5-7-14-8-6-10/h4-10,20H,1-3H3,(H,19,21);4-9,20-21H,1-3H3,(H,19,22);3-10,19H,1-2H3,(H,18,20);2-10,18H,1H3,(H,17,19);2-9,18H,1H3,(H,17,19);2-10H,1H3,(H,17,18);1-9,17H,(H,16,18)/b18-11-;18-12-;17-12-;16-11+;2*16-10+;15-9+. The molecule has 3 aromatic heterocycles. The van der Waals surface area contributed by atoms with Gasteiger partial charge in [0, 0.05) is 93.8 Å². The van der Waals surface area contributed by atoms with Gasteiger partial charge in [-0.25, -0.2) is 38.0 Å². The van der Waals surface area contributed by atoms with Gasteiger partial charge in [-0.05, 0) is 236 Å². The van der Waals surface area contributed by atoms with E-state index >= 15 is 0 Å². The van der Waals surface area contributed by atoms with E-state index in [-0.39, 0.29) is 80.2 Å². The molecule has 0 spiro atoms. The third kappa shape index (κ3) is 34.9. The van der Waals surface area contributed by atoms with Crippen LogP contribution in [0.15, 0.2) is 364 Å². The van der Waals surface area contributed by atoms with Crippen LogP contribution in [0, 0.1) is 27.7 Å². The van der Waals surface area contributed by atoms with Crippen LogP contribution in [0.1, 0.15) is 168 Å². The lowest BCUT2D eigenvalue weighted by Crippen LogP contribution is -2.19. The Hall–Kier alpha value is -18.9. The van der Waals surface area contributed by atoms with E-state index in [9.17, 15) is 69.3 Å². The number of methoxy groups -OCH3 is 2. The van der Waals surface area contributed by atoms with Gasteiger partial charge in [0.25, 0.3) is 41.4 Å². The number of amides is 7. The second-order valence-electron chi connectivity index (χ2n) is 29.6. The Balaban J connectivity index is 0.000000199. The van der Waals surface area contributed by atoms with Gasteiger partial charge in [-0.15, -0.1) is 0 Å². The first-order valence-electron chi connectivity index (χ1n) is 42.4. The van der Waals surface area contributed by atoms with Crippen LogP contribution in [0.3, 0.4) is 0 Å². The van der Waals surface area contributed by atoms with Crippen LogP contribution < -0.4 is 47.5 Å². The Morgan fingerprint density at radius 2 is 0.633 bits per heavy atom. The smallest absolute Gasteiger partial charge is 0.275 e. The van der Waals surface area contributed by atoms with Crippen molar-refractivity contribution in [2.75, 3.05) is 14.2 Å². The van der Waals surface area contributed by atoms with Crippen molar-refractivity contribution in [3.05, 3.63) is 429 Å². The Labute approximate surface area is 802 Å². The number of aromatic hydroxyl groups is 7. The summed E-state index contributed by atoms with van der Waals surface area (Å²) in [6, 6.07) is 81.8. The highest BCUT2D eigenvalue weighted by Gasteiger charge is 2.17. The van der Waals surface area contributed by atoms with Crippen molar-refractivity contribution in [3.8, 4) is 51.7 Å². The second-order valence-corrected chi connectivity index (χ2v) is 29.6. The first kappa shape index (κ1) is 105. The fourth-order valence-corrected chi connectivity index (χ4v) is 11.6. The van der Waals surface area contributed by atoms with Gasteiger partial charge in [0.15, 0.2) is 0 Å². The third-order valence-corrected chi connectivity index (χ3v) is 19.5. The molecule has 0 aliphatic rings. The average Bonchev–Trinajstić information content (AvgIpc) is 0.849. The van der Waals surface area contributed by atoms with Crippen molar-refractivity contribution in [3.63, 3.8) is 0 Å². The molecular weight excluding hydrogens is 1770 g/mol. The van der Waals surface area contributed by atoms with Gasteiger partial charge in [0.2, 0.25) is 0 Å². The Bertz CT molecular complexity index is 6620. The molecule has 14 rings (SSSR count). The highest BCUT2D eigenvalue weighted by atomic mass is 16.5. The number of ether oxygens (including phenoxy) is 2. The van der Waals surface area contributed by atoms with Crippen molar-refractivity contribution >= 4 is 82.3 Å². The Morgan fingerprint density at radius 1 is 0.273 bits per heavy atom. The molecule has 0 unspecified atom stereocenters. The lowest BCUT2D eigenvalue weighted by molar-refractivity contribution is 0.0943. The lowest BCUT2D eigenvalue weighted by Gasteiger charge is -2.10. The number of carbonyl (C=O) groups excluding carboxylic acids is 7. The van der Waals surface area contributed by atoms with Crippen molar-refractivity contribution in [2.24, 2.45) is 35.7 Å². The highest BCUT2D eigenvalue weighted by Crippen LogP contribution is 2.27. The summed E-state index contributed by atoms with van der Waals surface area (Å²) in [5.41, 5.74) is 31.9. The summed E-state index contributed by atoms with van der Waals surface area (Å²) >= 11 is 0. The van der Waals surface area contributed by atoms with E-state index in [1.807, 2.05) is 100 Å². The van der Waals surface area contributed by atoms with Gasteiger partial charge < -0.3 is 45.2 Å². The molecule has 0 fully saturated rings. The number of para-hydroxylation sites is 5. The van der Waals surface area contributed by atoms with Crippen LogP contribution in [-0.4, -0.2) is 147 Å². The number of nitrogens with zero attached hydrogens (tertiary/aromatic N) is 10. The molecule has 33 nitrogen and oxygen atoms in total. The van der Waals surface area contributed by atoms with Crippen molar-refractivity contribution in [2.45, 2.75) is 62.3 Å². The molecular formula is C106H103N17O16. The van der Waals surface area contributed by atoms with E-state index in [0.29, 0.717) is 67.9 Å². The van der Waals surface area contributed by atoms with E-state index in [2.05, 4.69) is 88.6 Å². The van der Waals surface area contributed by atoms with E-state index < -0.39 is 23.6 Å². The van der Waals surface area contributed by atoms with Crippen LogP contribution in [0.5, 0.6) is 51.7 Å². The summed E-state index contributed by atoms with van der Waals surface area (Å²) < 4.78 is 10.4. The molecule has 7 amide bonds. The summed E-state index contributed by atoms with van der Waals surface area (Å²) in [7, 11) is 3.12. The molecule has 0 bridgehead atoms. The number of hydrogen-bond donors (Lipinski definition) is 14. The molecule has 0 atom stereocenters. The molecule has 708 valence electrons. The minimum atomic E-state index is -0.491. The molecule has 0 saturated heterocycles. The molecule has 33 heteroatoms. The van der Waals surface area contributed by atoms with Gasteiger partial charge >= 0.3 is 0 Å². The lowest BCUT2D eigenvalue weighted by atomic mass is 10.1. The SMILES string of the molecule is C/C(=N/NC(=O)c1ccc(C)c(C)c1)c1ccc(O)cc1O.C/C(=N/NC(=O)c1ccc(C)cc1)c1ccccc1O.C/C(=N\NC(=O)c1ccccc1O)c1ccccc1.C/C(=N\NC(=O)c1ccccc1O)c1ccncc1.COc1ccc(/C(C)=N\NC(=O)c2ccccc2O)c(OC)c1.Cc1ccc(C(=O)N/N=C/c2cccnc2)cc1.O=C(N/N=C/c1ccncc1)c1ccccc1O. The largest absolute Gasteiger partial charge is 0.508 e. The van der Waals surface area contributed by atoms with E-state index in [0.717, 1.165) is 50.1 Å². The fraction of sp³-hybridized carbons (Fsp3) is 0.104. The monoisotopic (exact) mass is 1870 g/mol. The first-order chi connectivity index (χ1) is 66.9. The molecule has 0 aliphatic heterocycles. The maximum Gasteiger partial charge on any atom is 0.275 e. The summed E-state index contributed by atoms with van der Waals surface area (Å²) in [5, 5.41) is 94.7. The number of carbonyl (C=O) groups is 7. The van der Waals surface area contributed by atoms with E-state index in [4.69, 9.17) is 9.47 Å². The number of benzene rings is 11. The van der Waals surface area contributed by atoms with Gasteiger partial charge in [-0.3, -0.25) is 48.5 Å². The number of aryl methyl sites for hydroxylation is 4. The van der Waals surface area contributed by atoms with Crippen LogP contribution in [0.25, 0.3) is 0 Å². The molecule has 0 aliphatic carbocycles. The highest BCUT2D eigenvalue weighted by molar-refractivity contribution is 6.07. The summed E-state index contributed by atoms with van der Waals surface area (Å²) in [5.74, 6) is -1.71. The van der Waals surface area contributed by atoms with E-state index in [1.54, 1.807) is 244 Å². The minimum Gasteiger partial charge on any atom is -0.508 e. The number of pyridine rings is 3. The quantitative estimate of drug-likeness (QED) is 0.0209. The molecule has 14 aromatic rings. The predicted octanol–water partition coefficient (Wildman–Crippen LogP) is 16.5. The van der Waals surface area contributed by atoms with Gasteiger partial charge in [-0.1, -0.05) is 139 Å². The molecule has 11 aromatic carbocycles. The van der Waals surface area contributed by atoms with Crippen molar-refractivity contribution < 1.29 is 78.8 Å². The number of rotatable bonds is 23. The van der Waals surface area contributed by atoms with Crippen LogP contribution >= 0.6 is 0 Å². The van der Waals surface area contributed by atoms with Crippen molar-refractivity contribution in [1.82, 2.24) is 52.9 Å². The number of aromatic nitrogens is 3. The fourth-order valence-electron chi connectivity index (χ4n) is 11.6. The maximum atomic E-state index is 12.1. The van der Waals surface area contributed by atoms with Gasteiger partial charge in [0.1, 0.15) is 51.7 Å². The molecule has 0 radical (unpaired) electrons. The second kappa shape index (κ2) is 55.4. The zero-order valence-electron chi connectivity index (χ0n) is 77.6. The topological polar surface area (TPSA) is 489 Å². The van der Waals surface area contributed by atoms with Crippen LogP contribution in [0.4, 0.5) is 0 Å². The zero-order chi connectivity index (χ0) is 101. The summed E-state index contributed by atoms with van der Waals surface area (Å²) in [6.07, 6.45) is 13.0. The Morgan fingerprint density at radius 3 is 1.06 bits per heavy atom. The molecule has 0 saturated carbocycles. The Kier molecular flexibility index (Phi) is 42.0. The number of nitrogens with one attached hydrogen (secondary N) is 7. The zero-order valence-corrected chi connectivity index (χ0v) is 77.6.